The fourth-order valence-electron chi connectivity index (χ4n) is 1.76. The molecule has 2 atom stereocenters. The first-order valence-electron chi connectivity index (χ1n) is 6.63. The molecule has 5 heteroatoms. The number of hydrogen-bond donors (Lipinski definition) is 2. The number of carbonyl (C=O) groups is 2. The highest BCUT2D eigenvalue weighted by Crippen LogP contribution is 2.06. The van der Waals surface area contributed by atoms with Crippen molar-refractivity contribution >= 4 is 11.9 Å². The highest BCUT2D eigenvalue weighted by molar-refractivity contribution is 5.87. The minimum Gasteiger partial charge on any atom is -0.467 e. The van der Waals surface area contributed by atoms with Crippen molar-refractivity contribution < 1.29 is 14.3 Å². The number of carbonyl (C=O) groups excluding carboxylic acids is 2. The molecular weight excluding hydrogens is 256 g/mol. The van der Waals surface area contributed by atoms with Crippen molar-refractivity contribution in [1.29, 1.82) is 0 Å². The van der Waals surface area contributed by atoms with E-state index in [0.717, 1.165) is 5.56 Å². The summed E-state index contributed by atoms with van der Waals surface area (Å²) in [5.74, 6) is -0.811. The van der Waals surface area contributed by atoms with Gasteiger partial charge in [0.25, 0.3) is 0 Å². The summed E-state index contributed by atoms with van der Waals surface area (Å²) < 4.78 is 4.73. The van der Waals surface area contributed by atoms with Crippen LogP contribution < -0.4 is 11.1 Å². The monoisotopic (exact) mass is 278 g/mol. The molecule has 1 rings (SSSR count). The number of ether oxygens (including phenoxy) is 1. The molecule has 0 bridgehead atoms. The first-order valence-corrected chi connectivity index (χ1v) is 6.63. The van der Waals surface area contributed by atoms with Gasteiger partial charge >= 0.3 is 5.97 Å². The lowest BCUT2D eigenvalue weighted by Gasteiger charge is -2.21. The molecule has 3 N–H and O–H groups in total. The lowest BCUT2D eigenvalue weighted by Crippen LogP contribution is -2.51. The predicted molar refractivity (Wildman–Crippen MR) is 76.9 cm³/mol. The molecule has 0 fully saturated rings. The van der Waals surface area contributed by atoms with Crippen molar-refractivity contribution in [3.8, 4) is 0 Å². The van der Waals surface area contributed by atoms with Crippen molar-refractivity contribution in [2.24, 2.45) is 11.7 Å². The van der Waals surface area contributed by atoms with Gasteiger partial charge in [0, 0.05) is 6.42 Å². The van der Waals surface area contributed by atoms with E-state index in [-0.39, 0.29) is 11.8 Å². The molecule has 20 heavy (non-hydrogen) atoms. The van der Waals surface area contributed by atoms with Crippen LogP contribution in [0.4, 0.5) is 0 Å². The standard InChI is InChI=1S/C15H22N2O3/c1-10(2)13(16)14(18)17-12(15(19)20-3)9-11-7-5-4-6-8-11/h4-8,10,12-13H,9,16H2,1-3H3,(H,17,18)/t12-,13-/m0/s1. The molecule has 1 amide bonds. The molecule has 0 spiro atoms. The average Bonchev–Trinajstić information content (AvgIpc) is 2.45. The van der Waals surface area contributed by atoms with Crippen LogP contribution in [0.15, 0.2) is 30.3 Å². The van der Waals surface area contributed by atoms with E-state index in [1.165, 1.54) is 7.11 Å². The van der Waals surface area contributed by atoms with Gasteiger partial charge in [-0.25, -0.2) is 4.79 Å². The summed E-state index contributed by atoms with van der Waals surface area (Å²) in [5.41, 5.74) is 6.72. The van der Waals surface area contributed by atoms with Crippen LogP contribution in [0.25, 0.3) is 0 Å². The second-order valence-corrected chi connectivity index (χ2v) is 5.04. The zero-order chi connectivity index (χ0) is 15.1. The fraction of sp³-hybridized carbons (Fsp3) is 0.467. The van der Waals surface area contributed by atoms with Gasteiger partial charge in [-0.3, -0.25) is 4.79 Å². The van der Waals surface area contributed by atoms with Crippen LogP contribution in [0.3, 0.4) is 0 Å². The number of amides is 1. The summed E-state index contributed by atoms with van der Waals surface area (Å²) in [7, 11) is 1.30. The van der Waals surface area contributed by atoms with E-state index in [2.05, 4.69) is 5.32 Å². The Morgan fingerprint density at radius 1 is 1.25 bits per heavy atom. The van der Waals surface area contributed by atoms with Gasteiger partial charge in [-0.2, -0.15) is 0 Å². The highest BCUT2D eigenvalue weighted by atomic mass is 16.5. The number of hydrogen-bond acceptors (Lipinski definition) is 4. The van der Waals surface area contributed by atoms with E-state index >= 15 is 0 Å². The van der Waals surface area contributed by atoms with Gasteiger partial charge in [0.15, 0.2) is 0 Å². The van der Waals surface area contributed by atoms with Crippen molar-refractivity contribution in [2.45, 2.75) is 32.4 Å². The molecule has 0 aliphatic rings. The molecule has 0 saturated heterocycles. The third kappa shape index (κ3) is 4.66. The minimum atomic E-state index is -0.723. The number of rotatable bonds is 6. The van der Waals surface area contributed by atoms with Gasteiger partial charge in [-0.15, -0.1) is 0 Å². The van der Waals surface area contributed by atoms with Gasteiger partial charge in [0.05, 0.1) is 13.2 Å². The molecule has 0 aromatic heterocycles. The normalized spacial score (nSPS) is 13.7. The van der Waals surface area contributed by atoms with Crippen LogP contribution in [0.2, 0.25) is 0 Å². The van der Waals surface area contributed by atoms with E-state index in [9.17, 15) is 9.59 Å². The first kappa shape index (κ1) is 16.2. The van der Waals surface area contributed by atoms with E-state index in [1.54, 1.807) is 0 Å². The van der Waals surface area contributed by atoms with Crippen molar-refractivity contribution in [2.75, 3.05) is 7.11 Å². The lowest BCUT2D eigenvalue weighted by molar-refractivity contribution is -0.145. The van der Waals surface area contributed by atoms with Crippen LogP contribution in [0, 0.1) is 5.92 Å². The zero-order valence-corrected chi connectivity index (χ0v) is 12.1. The Balaban J connectivity index is 2.75. The van der Waals surface area contributed by atoms with E-state index < -0.39 is 18.1 Å². The molecule has 1 aromatic rings. The number of benzene rings is 1. The third-order valence-corrected chi connectivity index (χ3v) is 3.11. The van der Waals surface area contributed by atoms with Crippen LogP contribution in [0.1, 0.15) is 19.4 Å². The van der Waals surface area contributed by atoms with Gasteiger partial charge in [0.2, 0.25) is 5.91 Å². The first-order chi connectivity index (χ1) is 9.45. The maximum absolute atomic E-state index is 12.0. The molecule has 0 heterocycles. The van der Waals surface area contributed by atoms with Crippen LogP contribution in [0.5, 0.6) is 0 Å². The van der Waals surface area contributed by atoms with E-state index in [1.807, 2.05) is 44.2 Å². The fourth-order valence-corrected chi connectivity index (χ4v) is 1.76. The Bertz CT molecular complexity index is 446. The highest BCUT2D eigenvalue weighted by Gasteiger charge is 2.25. The smallest absolute Gasteiger partial charge is 0.328 e. The largest absolute Gasteiger partial charge is 0.467 e. The van der Waals surface area contributed by atoms with E-state index in [4.69, 9.17) is 10.5 Å². The van der Waals surface area contributed by atoms with Gasteiger partial charge < -0.3 is 15.8 Å². The molecule has 5 nitrogen and oxygen atoms in total. The molecule has 1 aromatic carbocycles. The maximum atomic E-state index is 12.0. The van der Waals surface area contributed by atoms with Gasteiger partial charge in [-0.1, -0.05) is 44.2 Å². The Kier molecular flexibility index (Phi) is 6.18. The van der Waals surface area contributed by atoms with Crippen molar-refractivity contribution in [1.82, 2.24) is 5.32 Å². The quantitative estimate of drug-likeness (QED) is 0.757. The summed E-state index contributed by atoms with van der Waals surface area (Å²) in [5, 5.41) is 2.66. The number of nitrogens with two attached hydrogens (primary N) is 1. The number of methoxy groups -OCH3 is 1. The second kappa shape index (κ2) is 7.65. The van der Waals surface area contributed by atoms with Gasteiger partial charge in [-0.05, 0) is 11.5 Å². The molecule has 0 saturated carbocycles. The molecule has 110 valence electrons. The predicted octanol–water partition coefficient (Wildman–Crippen LogP) is 0.870. The summed E-state index contributed by atoms with van der Waals surface area (Å²) in [6.45, 7) is 3.71. The number of esters is 1. The Labute approximate surface area is 119 Å². The molecular formula is C15H22N2O3. The summed E-state index contributed by atoms with van der Waals surface area (Å²) in [4.78, 5) is 23.7. The zero-order valence-electron chi connectivity index (χ0n) is 12.1. The van der Waals surface area contributed by atoms with Crippen molar-refractivity contribution in [3.63, 3.8) is 0 Å². The molecule has 0 aliphatic carbocycles. The summed E-state index contributed by atoms with van der Waals surface area (Å²) in [6.07, 6.45) is 0.379. The minimum absolute atomic E-state index is 0.00465. The van der Waals surface area contributed by atoms with Crippen LogP contribution in [-0.2, 0) is 20.7 Å². The Morgan fingerprint density at radius 3 is 2.35 bits per heavy atom. The Morgan fingerprint density at radius 2 is 1.85 bits per heavy atom. The third-order valence-electron chi connectivity index (χ3n) is 3.11. The summed E-state index contributed by atoms with van der Waals surface area (Å²) >= 11 is 0. The van der Waals surface area contributed by atoms with Gasteiger partial charge in [0.1, 0.15) is 6.04 Å². The topological polar surface area (TPSA) is 81.4 Å². The SMILES string of the molecule is COC(=O)[C@H](Cc1ccccc1)NC(=O)[C@@H](N)C(C)C. The van der Waals surface area contributed by atoms with Crippen LogP contribution >= 0.6 is 0 Å². The second-order valence-electron chi connectivity index (χ2n) is 5.04. The molecule has 0 unspecified atom stereocenters. The number of nitrogens with one attached hydrogen (secondary N) is 1. The molecule has 0 aliphatic heterocycles. The lowest BCUT2D eigenvalue weighted by atomic mass is 10.0. The summed E-state index contributed by atoms with van der Waals surface area (Å²) in [6, 6.07) is 8.08. The van der Waals surface area contributed by atoms with Crippen molar-refractivity contribution in [3.05, 3.63) is 35.9 Å². The maximum Gasteiger partial charge on any atom is 0.328 e. The average molecular weight is 278 g/mol. The molecule has 0 radical (unpaired) electrons. The van der Waals surface area contributed by atoms with Crippen LogP contribution in [-0.4, -0.2) is 31.1 Å². The Hall–Kier alpha value is -1.88. The van der Waals surface area contributed by atoms with E-state index in [0.29, 0.717) is 6.42 Å².